The highest BCUT2D eigenvalue weighted by Crippen LogP contribution is 2.21. The summed E-state index contributed by atoms with van der Waals surface area (Å²) in [4.78, 5) is 14.3. The molecule has 0 unspecified atom stereocenters. The predicted molar refractivity (Wildman–Crippen MR) is 53.3 cm³/mol. The number of hydrogen-bond acceptors (Lipinski definition) is 4. The van der Waals surface area contributed by atoms with E-state index in [1.807, 2.05) is 0 Å². The lowest BCUT2D eigenvalue weighted by molar-refractivity contribution is -0.384. The van der Waals surface area contributed by atoms with E-state index in [9.17, 15) is 10.1 Å². The van der Waals surface area contributed by atoms with Crippen LogP contribution in [-0.4, -0.2) is 19.6 Å². The first-order valence-corrected chi connectivity index (χ1v) is 4.35. The normalized spacial score (nSPS) is 10.8. The number of benzene rings is 1. The molecule has 0 aliphatic carbocycles. The Bertz CT molecular complexity index is 533. The number of rotatable bonds is 2. The second kappa shape index (κ2) is 3.32. The summed E-state index contributed by atoms with van der Waals surface area (Å²) in [6, 6.07) is 4.38. The second-order valence-electron chi connectivity index (χ2n) is 3.16. The Labute approximate surface area is 84.9 Å². The number of imidazole rings is 1. The minimum atomic E-state index is -0.469. The van der Waals surface area contributed by atoms with E-state index in [2.05, 4.69) is 4.98 Å². The van der Waals surface area contributed by atoms with Crippen LogP contribution in [0.2, 0.25) is 0 Å². The smallest absolute Gasteiger partial charge is 0.271 e. The lowest BCUT2D eigenvalue weighted by Crippen LogP contribution is -1.99. The molecule has 6 heteroatoms. The van der Waals surface area contributed by atoms with Crippen molar-refractivity contribution in [1.29, 1.82) is 0 Å². The first-order chi connectivity index (χ1) is 7.13. The molecule has 0 fully saturated rings. The van der Waals surface area contributed by atoms with Gasteiger partial charge in [-0.3, -0.25) is 10.1 Å². The van der Waals surface area contributed by atoms with Gasteiger partial charge in [0.2, 0.25) is 0 Å². The molecule has 1 heterocycles. The van der Waals surface area contributed by atoms with Crippen molar-refractivity contribution in [3.8, 4) is 0 Å². The van der Waals surface area contributed by atoms with Gasteiger partial charge in [0.05, 0.1) is 16.0 Å². The zero-order valence-electron chi connectivity index (χ0n) is 8.04. The standard InChI is InChI=1S/C9H9N3O3/c1-6-10-8-3-2-7(12(14)15)4-9(8)11(6)5-13/h2-4,13H,5H2,1H3. The highest BCUT2D eigenvalue weighted by Gasteiger charge is 2.11. The van der Waals surface area contributed by atoms with E-state index in [1.165, 1.54) is 16.7 Å². The molecule has 0 aliphatic rings. The molecule has 0 amide bonds. The van der Waals surface area contributed by atoms with E-state index in [0.29, 0.717) is 16.9 Å². The molecule has 6 nitrogen and oxygen atoms in total. The zero-order valence-corrected chi connectivity index (χ0v) is 8.04. The summed E-state index contributed by atoms with van der Waals surface area (Å²) in [5.74, 6) is 0.632. The quantitative estimate of drug-likeness (QED) is 0.592. The number of nitrogens with zero attached hydrogens (tertiary/aromatic N) is 3. The van der Waals surface area contributed by atoms with Gasteiger partial charge in [-0.1, -0.05) is 0 Å². The monoisotopic (exact) mass is 207 g/mol. The van der Waals surface area contributed by atoms with Crippen LogP contribution in [0.5, 0.6) is 0 Å². The average molecular weight is 207 g/mol. The number of hydrogen-bond donors (Lipinski definition) is 1. The molecule has 0 atom stereocenters. The van der Waals surface area contributed by atoms with Crippen LogP contribution in [0.1, 0.15) is 5.82 Å². The first-order valence-electron chi connectivity index (χ1n) is 4.35. The molecule has 1 aromatic heterocycles. The Balaban J connectivity index is 2.73. The van der Waals surface area contributed by atoms with E-state index in [-0.39, 0.29) is 12.4 Å². The summed E-state index contributed by atoms with van der Waals surface area (Å²) in [5.41, 5.74) is 1.22. The predicted octanol–water partition coefficient (Wildman–Crippen LogP) is 1.20. The van der Waals surface area contributed by atoms with Crippen LogP contribution in [0.4, 0.5) is 5.69 Å². The van der Waals surface area contributed by atoms with Gasteiger partial charge in [0, 0.05) is 12.1 Å². The number of aromatic nitrogens is 2. The van der Waals surface area contributed by atoms with Crippen LogP contribution in [-0.2, 0) is 6.73 Å². The highest BCUT2D eigenvalue weighted by atomic mass is 16.6. The lowest BCUT2D eigenvalue weighted by atomic mass is 10.3. The van der Waals surface area contributed by atoms with Gasteiger partial charge in [0.15, 0.2) is 0 Å². The number of fused-ring (bicyclic) bond motifs is 1. The molecule has 0 radical (unpaired) electrons. The summed E-state index contributed by atoms with van der Waals surface area (Å²) in [6.45, 7) is 1.51. The Morgan fingerprint density at radius 1 is 1.60 bits per heavy atom. The minimum Gasteiger partial charge on any atom is -0.376 e. The van der Waals surface area contributed by atoms with Crippen LogP contribution in [0, 0.1) is 17.0 Å². The van der Waals surface area contributed by atoms with E-state index in [4.69, 9.17) is 5.11 Å². The number of aliphatic hydroxyl groups is 1. The Morgan fingerprint density at radius 3 is 2.93 bits per heavy atom. The van der Waals surface area contributed by atoms with E-state index < -0.39 is 4.92 Å². The number of nitro benzene ring substituents is 1. The van der Waals surface area contributed by atoms with Crippen LogP contribution >= 0.6 is 0 Å². The molecule has 1 aromatic carbocycles. The van der Waals surface area contributed by atoms with Crippen LogP contribution in [0.15, 0.2) is 18.2 Å². The Hall–Kier alpha value is -1.95. The molecule has 0 saturated heterocycles. The Morgan fingerprint density at radius 2 is 2.33 bits per heavy atom. The third-order valence-corrected chi connectivity index (χ3v) is 2.27. The van der Waals surface area contributed by atoms with Gasteiger partial charge in [-0.15, -0.1) is 0 Å². The fraction of sp³-hybridized carbons (Fsp3) is 0.222. The van der Waals surface area contributed by atoms with Crippen LogP contribution < -0.4 is 0 Å². The van der Waals surface area contributed by atoms with E-state index in [1.54, 1.807) is 13.0 Å². The lowest BCUT2D eigenvalue weighted by Gasteiger charge is -2.00. The van der Waals surface area contributed by atoms with Crippen molar-refractivity contribution in [2.24, 2.45) is 0 Å². The van der Waals surface area contributed by atoms with Gasteiger partial charge in [-0.2, -0.15) is 0 Å². The molecule has 0 bridgehead atoms. The molecular formula is C9H9N3O3. The molecule has 2 aromatic rings. The molecule has 0 aliphatic heterocycles. The van der Waals surface area contributed by atoms with Crippen molar-refractivity contribution in [3.63, 3.8) is 0 Å². The maximum absolute atomic E-state index is 10.6. The minimum absolute atomic E-state index is 0.00269. The maximum atomic E-state index is 10.6. The third kappa shape index (κ3) is 1.44. The summed E-state index contributed by atoms with van der Waals surface area (Å²) in [6.07, 6.45) is 0. The largest absolute Gasteiger partial charge is 0.376 e. The first kappa shape index (κ1) is 9.60. The van der Waals surface area contributed by atoms with Gasteiger partial charge < -0.3 is 9.67 Å². The van der Waals surface area contributed by atoms with Crippen molar-refractivity contribution < 1.29 is 10.0 Å². The summed E-state index contributed by atoms with van der Waals surface area (Å²) in [7, 11) is 0. The maximum Gasteiger partial charge on any atom is 0.271 e. The van der Waals surface area contributed by atoms with Crippen LogP contribution in [0.25, 0.3) is 11.0 Å². The molecule has 2 rings (SSSR count). The number of aliphatic hydroxyl groups excluding tert-OH is 1. The second-order valence-corrected chi connectivity index (χ2v) is 3.16. The highest BCUT2D eigenvalue weighted by molar-refractivity contribution is 5.78. The average Bonchev–Trinajstić information content (AvgIpc) is 2.51. The number of aryl methyl sites for hydroxylation is 1. The fourth-order valence-corrected chi connectivity index (χ4v) is 1.52. The van der Waals surface area contributed by atoms with Crippen molar-refractivity contribution in [1.82, 2.24) is 9.55 Å². The van der Waals surface area contributed by atoms with Gasteiger partial charge >= 0.3 is 0 Å². The van der Waals surface area contributed by atoms with Gasteiger partial charge in [0.25, 0.3) is 5.69 Å². The van der Waals surface area contributed by atoms with E-state index >= 15 is 0 Å². The van der Waals surface area contributed by atoms with Crippen molar-refractivity contribution in [2.45, 2.75) is 13.7 Å². The Kier molecular flexibility index (Phi) is 2.12. The van der Waals surface area contributed by atoms with Crippen molar-refractivity contribution in [3.05, 3.63) is 34.1 Å². The van der Waals surface area contributed by atoms with Crippen LogP contribution in [0.3, 0.4) is 0 Å². The molecule has 0 spiro atoms. The summed E-state index contributed by atoms with van der Waals surface area (Å²) in [5, 5.41) is 19.7. The van der Waals surface area contributed by atoms with E-state index in [0.717, 1.165) is 0 Å². The summed E-state index contributed by atoms with van der Waals surface area (Å²) < 4.78 is 1.52. The fourth-order valence-electron chi connectivity index (χ4n) is 1.52. The summed E-state index contributed by atoms with van der Waals surface area (Å²) >= 11 is 0. The number of nitro groups is 1. The molecular weight excluding hydrogens is 198 g/mol. The third-order valence-electron chi connectivity index (χ3n) is 2.27. The zero-order chi connectivity index (χ0) is 11.0. The topological polar surface area (TPSA) is 81.2 Å². The molecule has 78 valence electrons. The SMILES string of the molecule is Cc1nc2ccc([N+](=O)[O-])cc2n1CO. The molecule has 15 heavy (non-hydrogen) atoms. The van der Waals surface area contributed by atoms with Crippen molar-refractivity contribution in [2.75, 3.05) is 0 Å². The van der Waals surface area contributed by atoms with Gasteiger partial charge in [-0.25, -0.2) is 4.98 Å². The molecule has 1 N–H and O–H groups in total. The van der Waals surface area contributed by atoms with Gasteiger partial charge in [-0.05, 0) is 13.0 Å². The van der Waals surface area contributed by atoms with Crippen molar-refractivity contribution >= 4 is 16.7 Å². The number of non-ortho nitro benzene ring substituents is 1. The molecule has 0 saturated carbocycles. The van der Waals surface area contributed by atoms with Gasteiger partial charge in [0.1, 0.15) is 12.6 Å².